The summed E-state index contributed by atoms with van der Waals surface area (Å²) in [5.41, 5.74) is 0. The molecule has 0 heterocycles. The summed E-state index contributed by atoms with van der Waals surface area (Å²) in [5, 5.41) is 8.89. The third kappa shape index (κ3) is 3.97. The molecule has 0 aliphatic carbocycles. The summed E-state index contributed by atoms with van der Waals surface area (Å²) in [6, 6.07) is 0.377. The Morgan fingerprint density at radius 1 is 1.21 bits per heavy atom. The van der Waals surface area contributed by atoms with E-state index in [0.29, 0.717) is 18.2 Å². The number of carboxylic acid groups (broad SMARTS) is 1. The maximum atomic E-state index is 13.0. The lowest BCUT2D eigenvalue weighted by Gasteiger charge is -2.18. The number of nitrogens with one attached hydrogen (secondary N) is 1. The maximum Gasteiger partial charge on any atom is 0.322 e. The molecule has 19 heavy (non-hydrogen) atoms. The van der Waals surface area contributed by atoms with Crippen LogP contribution >= 0.6 is 0 Å². The van der Waals surface area contributed by atoms with Gasteiger partial charge >= 0.3 is 5.97 Å². The van der Waals surface area contributed by atoms with Crippen LogP contribution in [-0.4, -0.2) is 25.5 Å². The van der Waals surface area contributed by atoms with Crippen molar-refractivity contribution in [3.05, 3.63) is 29.8 Å². The topological polar surface area (TPSA) is 83.5 Å². The third-order valence-electron chi connectivity index (χ3n) is 2.36. The smallest absolute Gasteiger partial charge is 0.322 e. The molecule has 0 bridgehead atoms. The molecule has 1 rings (SSSR count). The van der Waals surface area contributed by atoms with Gasteiger partial charge in [-0.05, 0) is 18.1 Å². The van der Waals surface area contributed by atoms with E-state index in [1.807, 2.05) is 4.72 Å². The minimum atomic E-state index is -4.31. The van der Waals surface area contributed by atoms with Crippen molar-refractivity contribution in [3.8, 4) is 0 Å². The van der Waals surface area contributed by atoms with Crippen LogP contribution in [0.1, 0.15) is 13.8 Å². The summed E-state index contributed by atoms with van der Waals surface area (Å²) in [6.07, 6.45) is 0. The maximum absolute atomic E-state index is 13.0. The van der Waals surface area contributed by atoms with Gasteiger partial charge in [0, 0.05) is 6.07 Å². The van der Waals surface area contributed by atoms with Gasteiger partial charge in [-0.3, -0.25) is 4.79 Å². The molecule has 0 radical (unpaired) electrons. The van der Waals surface area contributed by atoms with Crippen molar-refractivity contribution in [1.82, 2.24) is 4.72 Å². The van der Waals surface area contributed by atoms with Crippen LogP contribution in [0.3, 0.4) is 0 Å². The highest BCUT2D eigenvalue weighted by Crippen LogP contribution is 2.15. The molecule has 0 fully saturated rings. The monoisotopic (exact) mass is 293 g/mol. The Labute approximate surface area is 109 Å². The zero-order valence-electron chi connectivity index (χ0n) is 10.2. The molecule has 5 nitrogen and oxygen atoms in total. The van der Waals surface area contributed by atoms with Crippen LogP contribution in [0.25, 0.3) is 0 Å². The lowest BCUT2D eigenvalue weighted by Crippen LogP contribution is -2.44. The Morgan fingerprint density at radius 3 is 2.05 bits per heavy atom. The summed E-state index contributed by atoms with van der Waals surface area (Å²) in [6.45, 7) is 3.01. The first-order valence-electron chi connectivity index (χ1n) is 5.34. The van der Waals surface area contributed by atoms with Crippen molar-refractivity contribution in [3.63, 3.8) is 0 Å². The zero-order valence-corrected chi connectivity index (χ0v) is 11.0. The van der Waals surface area contributed by atoms with E-state index in [1.165, 1.54) is 13.8 Å². The fourth-order valence-electron chi connectivity index (χ4n) is 1.39. The molecule has 1 aromatic carbocycles. The number of aliphatic carboxylic acids is 1. The van der Waals surface area contributed by atoms with Crippen molar-refractivity contribution < 1.29 is 27.1 Å². The number of carboxylic acids is 1. The number of benzene rings is 1. The van der Waals surface area contributed by atoms with Gasteiger partial charge in [-0.1, -0.05) is 13.8 Å². The molecular weight excluding hydrogens is 280 g/mol. The quantitative estimate of drug-likeness (QED) is 0.858. The Morgan fingerprint density at radius 2 is 1.68 bits per heavy atom. The van der Waals surface area contributed by atoms with Crippen molar-refractivity contribution in [2.75, 3.05) is 0 Å². The van der Waals surface area contributed by atoms with E-state index in [4.69, 9.17) is 5.11 Å². The fraction of sp³-hybridized carbons (Fsp3) is 0.364. The van der Waals surface area contributed by atoms with E-state index < -0.39 is 44.5 Å². The molecule has 0 aliphatic heterocycles. The van der Waals surface area contributed by atoms with Crippen LogP contribution in [-0.2, 0) is 14.8 Å². The minimum absolute atomic E-state index is 0.523. The van der Waals surface area contributed by atoms with Crippen LogP contribution in [0.2, 0.25) is 0 Å². The van der Waals surface area contributed by atoms with Gasteiger partial charge in [0.15, 0.2) is 0 Å². The standard InChI is InChI=1S/C11H13F2NO4S/c1-6(2)10(11(15)16)14-19(17,18)9-4-7(12)3-8(13)5-9/h3-6,10,14H,1-2H3,(H,15,16)/t10-/m0/s1. The van der Waals surface area contributed by atoms with Gasteiger partial charge in [0.05, 0.1) is 4.90 Å². The lowest BCUT2D eigenvalue weighted by molar-refractivity contribution is -0.140. The number of sulfonamides is 1. The highest BCUT2D eigenvalue weighted by atomic mass is 32.2. The predicted octanol–water partition coefficient (Wildman–Crippen LogP) is 1.35. The number of halogens is 2. The predicted molar refractivity (Wildman–Crippen MR) is 62.9 cm³/mol. The van der Waals surface area contributed by atoms with E-state index in [-0.39, 0.29) is 0 Å². The van der Waals surface area contributed by atoms with E-state index in [9.17, 15) is 22.0 Å². The number of hydrogen-bond donors (Lipinski definition) is 2. The van der Waals surface area contributed by atoms with Crippen molar-refractivity contribution in [2.45, 2.75) is 24.8 Å². The molecule has 0 unspecified atom stereocenters. The number of hydrogen-bond acceptors (Lipinski definition) is 3. The van der Waals surface area contributed by atoms with Crippen LogP contribution in [0.15, 0.2) is 23.1 Å². The first kappa shape index (κ1) is 15.5. The minimum Gasteiger partial charge on any atom is -0.480 e. The number of carbonyl (C=O) groups is 1. The van der Waals surface area contributed by atoms with Gasteiger partial charge in [0.2, 0.25) is 10.0 Å². The molecule has 1 atom stereocenters. The van der Waals surface area contributed by atoms with Gasteiger partial charge in [-0.25, -0.2) is 17.2 Å². The first-order valence-corrected chi connectivity index (χ1v) is 6.83. The summed E-state index contributed by atoms with van der Waals surface area (Å²) in [4.78, 5) is 10.3. The summed E-state index contributed by atoms with van der Waals surface area (Å²) >= 11 is 0. The van der Waals surface area contributed by atoms with E-state index in [1.54, 1.807) is 0 Å². The zero-order chi connectivity index (χ0) is 14.8. The molecule has 0 amide bonds. The molecule has 0 saturated carbocycles. The van der Waals surface area contributed by atoms with Crippen LogP contribution < -0.4 is 4.72 Å². The molecule has 106 valence electrons. The van der Waals surface area contributed by atoms with Gasteiger partial charge < -0.3 is 5.11 Å². The fourth-order valence-corrected chi connectivity index (χ4v) is 2.77. The highest BCUT2D eigenvalue weighted by molar-refractivity contribution is 7.89. The molecule has 2 N–H and O–H groups in total. The van der Waals surface area contributed by atoms with Gasteiger partial charge in [0.1, 0.15) is 17.7 Å². The van der Waals surface area contributed by atoms with E-state index in [0.717, 1.165) is 0 Å². The number of rotatable bonds is 5. The largest absolute Gasteiger partial charge is 0.480 e. The average Bonchev–Trinajstić information content (AvgIpc) is 2.23. The molecular formula is C11H13F2NO4S. The van der Waals surface area contributed by atoms with Gasteiger partial charge in [-0.2, -0.15) is 4.72 Å². The summed E-state index contributed by atoms with van der Waals surface area (Å²) in [5.74, 6) is -4.00. The Balaban J connectivity index is 3.13. The summed E-state index contributed by atoms with van der Waals surface area (Å²) in [7, 11) is -4.31. The highest BCUT2D eigenvalue weighted by Gasteiger charge is 2.28. The van der Waals surface area contributed by atoms with Crippen molar-refractivity contribution in [1.29, 1.82) is 0 Å². The molecule has 1 aromatic rings. The average molecular weight is 293 g/mol. The van der Waals surface area contributed by atoms with Crippen molar-refractivity contribution >= 4 is 16.0 Å². The molecule has 0 aliphatic rings. The normalized spacial score (nSPS) is 13.5. The second kappa shape index (κ2) is 5.62. The Kier molecular flexibility index (Phi) is 4.59. The molecule has 0 saturated heterocycles. The van der Waals surface area contributed by atoms with E-state index in [2.05, 4.69) is 0 Å². The molecule has 0 aromatic heterocycles. The molecule has 8 heteroatoms. The van der Waals surface area contributed by atoms with Gasteiger partial charge in [0.25, 0.3) is 0 Å². The lowest BCUT2D eigenvalue weighted by atomic mass is 10.1. The Bertz CT molecular complexity index is 566. The molecule has 0 spiro atoms. The summed E-state index contributed by atoms with van der Waals surface area (Å²) < 4.78 is 51.5. The second-order valence-corrected chi connectivity index (χ2v) is 6.00. The van der Waals surface area contributed by atoms with Gasteiger partial charge in [-0.15, -0.1) is 0 Å². The Hall–Kier alpha value is -1.54. The van der Waals surface area contributed by atoms with Crippen LogP contribution in [0, 0.1) is 17.6 Å². The first-order chi connectivity index (χ1) is 8.63. The third-order valence-corrected chi connectivity index (χ3v) is 3.78. The SMILES string of the molecule is CC(C)[C@H](NS(=O)(=O)c1cc(F)cc(F)c1)C(=O)O. The van der Waals surface area contributed by atoms with E-state index >= 15 is 0 Å². The van der Waals surface area contributed by atoms with Crippen molar-refractivity contribution in [2.24, 2.45) is 5.92 Å². The second-order valence-electron chi connectivity index (χ2n) is 4.29. The van der Waals surface area contributed by atoms with Crippen LogP contribution in [0.4, 0.5) is 8.78 Å². The van der Waals surface area contributed by atoms with Crippen LogP contribution in [0.5, 0.6) is 0 Å².